The summed E-state index contributed by atoms with van der Waals surface area (Å²) >= 11 is 0. The van der Waals surface area contributed by atoms with Gasteiger partial charge >= 0.3 is 0 Å². The van der Waals surface area contributed by atoms with Crippen molar-refractivity contribution in [1.29, 1.82) is 0 Å². The fraction of sp³-hybridized carbons (Fsp3) is 1.00. The van der Waals surface area contributed by atoms with Crippen molar-refractivity contribution >= 4 is 0 Å². The van der Waals surface area contributed by atoms with Crippen LogP contribution < -0.4 is 0 Å². The van der Waals surface area contributed by atoms with Gasteiger partial charge in [0.25, 0.3) is 0 Å². The van der Waals surface area contributed by atoms with E-state index in [9.17, 15) is 0 Å². The first-order valence-electron chi connectivity index (χ1n) is 9.06. The van der Waals surface area contributed by atoms with E-state index in [1.54, 1.807) is 0 Å². The van der Waals surface area contributed by atoms with E-state index in [1.165, 1.54) is 57.8 Å². The smallest absolute Gasteiger partial charge is 0.0456 e. The molecule has 0 aromatic carbocycles. The average molecular weight is 285 g/mol. The molecule has 0 rings (SSSR count). The van der Waals surface area contributed by atoms with E-state index >= 15 is 0 Å². The number of aliphatic hydroxyl groups excluding tert-OH is 1. The minimum Gasteiger partial charge on any atom is -0.396 e. The molecular formula is C19H40O. The minimum atomic E-state index is 0.349. The quantitative estimate of drug-likeness (QED) is 0.436. The topological polar surface area (TPSA) is 20.2 Å². The Morgan fingerprint density at radius 2 is 0.900 bits per heavy atom. The Morgan fingerprint density at radius 3 is 1.25 bits per heavy atom. The predicted octanol–water partition coefficient (Wildman–Crippen LogP) is 6.05. The number of rotatable bonds is 13. The monoisotopic (exact) mass is 284 g/mol. The van der Waals surface area contributed by atoms with E-state index in [1.807, 2.05) is 0 Å². The Hall–Kier alpha value is -0.0400. The molecule has 0 amide bonds. The van der Waals surface area contributed by atoms with Crippen LogP contribution in [0.3, 0.4) is 0 Å². The van der Waals surface area contributed by atoms with Crippen molar-refractivity contribution in [3.8, 4) is 0 Å². The maximum absolute atomic E-state index is 9.01. The van der Waals surface area contributed by atoms with Crippen LogP contribution in [0.4, 0.5) is 0 Å². The molecule has 0 aliphatic rings. The lowest BCUT2D eigenvalue weighted by atomic mass is 9.91. The van der Waals surface area contributed by atoms with Crippen LogP contribution in [0.1, 0.15) is 92.4 Å². The third-order valence-electron chi connectivity index (χ3n) is 4.58. The summed E-state index contributed by atoms with van der Waals surface area (Å²) in [6, 6.07) is 0. The summed E-state index contributed by atoms with van der Waals surface area (Å²) in [5, 5.41) is 9.01. The second-order valence-corrected chi connectivity index (χ2v) is 7.68. The molecule has 20 heavy (non-hydrogen) atoms. The van der Waals surface area contributed by atoms with E-state index in [4.69, 9.17) is 5.11 Å². The van der Waals surface area contributed by atoms with Crippen LogP contribution in [0.5, 0.6) is 0 Å². The van der Waals surface area contributed by atoms with Gasteiger partial charge < -0.3 is 5.11 Å². The zero-order valence-corrected chi connectivity index (χ0v) is 14.8. The van der Waals surface area contributed by atoms with Gasteiger partial charge in [-0.3, -0.25) is 0 Å². The van der Waals surface area contributed by atoms with Crippen molar-refractivity contribution < 1.29 is 5.11 Å². The Labute approximate surface area is 128 Å². The molecule has 1 heteroatoms. The highest BCUT2D eigenvalue weighted by atomic mass is 16.3. The molecule has 0 fully saturated rings. The van der Waals surface area contributed by atoms with Gasteiger partial charge in [-0.15, -0.1) is 0 Å². The van der Waals surface area contributed by atoms with Crippen LogP contribution >= 0.6 is 0 Å². The minimum absolute atomic E-state index is 0.349. The van der Waals surface area contributed by atoms with Crippen molar-refractivity contribution in [3.63, 3.8) is 0 Å². The zero-order chi connectivity index (χ0) is 15.4. The Balaban J connectivity index is 3.43. The maximum Gasteiger partial charge on any atom is 0.0456 e. The summed E-state index contributed by atoms with van der Waals surface area (Å²) < 4.78 is 0. The summed E-state index contributed by atoms with van der Waals surface area (Å²) in [7, 11) is 0. The van der Waals surface area contributed by atoms with Crippen molar-refractivity contribution in [2.45, 2.75) is 92.4 Å². The van der Waals surface area contributed by atoms with Gasteiger partial charge in [0, 0.05) is 6.61 Å². The summed E-state index contributed by atoms with van der Waals surface area (Å²) in [6.07, 6.45) is 12.2. The van der Waals surface area contributed by atoms with Crippen molar-refractivity contribution in [3.05, 3.63) is 0 Å². The van der Waals surface area contributed by atoms with Crippen molar-refractivity contribution in [1.82, 2.24) is 0 Å². The predicted molar refractivity (Wildman–Crippen MR) is 91.0 cm³/mol. The molecule has 0 spiro atoms. The SMILES string of the molecule is CC(C)CCC[C@H](C)CCC[C@@H](C)CCC[C@@H](C)CO. The Kier molecular flexibility index (Phi) is 12.7. The number of aliphatic hydroxyl groups is 1. The first-order valence-corrected chi connectivity index (χ1v) is 9.06. The molecule has 0 aliphatic heterocycles. The van der Waals surface area contributed by atoms with E-state index in [-0.39, 0.29) is 0 Å². The van der Waals surface area contributed by atoms with E-state index in [2.05, 4.69) is 34.6 Å². The molecule has 0 heterocycles. The molecule has 0 unspecified atom stereocenters. The summed E-state index contributed by atoms with van der Waals surface area (Å²) in [4.78, 5) is 0. The first kappa shape index (κ1) is 20.0. The van der Waals surface area contributed by atoms with Gasteiger partial charge in [-0.2, -0.15) is 0 Å². The Bertz CT molecular complexity index is 200. The summed E-state index contributed by atoms with van der Waals surface area (Å²) in [6.45, 7) is 12.0. The fourth-order valence-electron chi connectivity index (χ4n) is 2.88. The van der Waals surface area contributed by atoms with Crippen LogP contribution in [-0.2, 0) is 0 Å². The molecular weight excluding hydrogens is 244 g/mol. The molecule has 0 bridgehead atoms. The van der Waals surface area contributed by atoms with Gasteiger partial charge in [0.15, 0.2) is 0 Å². The van der Waals surface area contributed by atoms with Gasteiger partial charge in [-0.25, -0.2) is 0 Å². The molecule has 0 saturated heterocycles. The lowest BCUT2D eigenvalue weighted by Gasteiger charge is -2.15. The Morgan fingerprint density at radius 1 is 0.550 bits per heavy atom. The zero-order valence-electron chi connectivity index (χ0n) is 14.8. The van der Waals surface area contributed by atoms with Gasteiger partial charge in [-0.05, 0) is 30.1 Å². The first-order chi connectivity index (χ1) is 9.45. The normalized spacial score (nSPS) is 16.4. The van der Waals surface area contributed by atoms with E-state index < -0.39 is 0 Å². The molecule has 0 saturated carbocycles. The lowest BCUT2D eigenvalue weighted by molar-refractivity contribution is 0.225. The standard InChI is InChI=1S/C19H40O/c1-16(2)9-6-10-17(3)11-7-12-18(4)13-8-14-19(5)15-20/h16-20H,6-15H2,1-5H3/t17-,18+,19+/m0/s1. The highest BCUT2D eigenvalue weighted by molar-refractivity contribution is 4.60. The number of hydrogen-bond donors (Lipinski definition) is 1. The highest BCUT2D eigenvalue weighted by Crippen LogP contribution is 2.21. The molecule has 3 atom stereocenters. The van der Waals surface area contributed by atoms with Crippen LogP contribution in [0, 0.1) is 23.7 Å². The third-order valence-corrected chi connectivity index (χ3v) is 4.58. The second kappa shape index (κ2) is 12.7. The number of hydrogen-bond acceptors (Lipinski definition) is 1. The largest absolute Gasteiger partial charge is 0.396 e. The molecule has 0 aliphatic carbocycles. The van der Waals surface area contributed by atoms with Crippen LogP contribution in [0.15, 0.2) is 0 Å². The van der Waals surface area contributed by atoms with Crippen LogP contribution in [0.25, 0.3) is 0 Å². The van der Waals surface area contributed by atoms with E-state index in [0.29, 0.717) is 12.5 Å². The van der Waals surface area contributed by atoms with E-state index in [0.717, 1.165) is 17.8 Å². The molecule has 1 N–H and O–H groups in total. The van der Waals surface area contributed by atoms with Crippen molar-refractivity contribution in [2.75, 3.05) is 6.61 Å². The fourth-order valence-corrected chi connectivity index (χ4v) is 2.88. The molecule has 0 aromatic rings. The molecule has 1 nitrogen and oxygen atoms in total. The summed E-state index contributed by atoms with van der Waals surface area (Å²) in [5.74, 6) is 3.13. The van der Waals surface area contributed by atoms with Crippen LogP contribution in [0.2, 0.25) is 0 Å². The second-order valence-electron chi connectivity index (χ2n) is 7.68. The van der Waals surface area contributed by atoms with Gasteiger partial charge in [-0.1, -0.05) is 86.0 Å². The molecule has 122 valence electrons. The highest BCUT2D eigenvalue weighted by Gasteiger charge is 2.07. The van der Waals surface area contributed by atoms with Crippen molar-refractivity contribution in [2.24, 2.45) is 23.7 Å². The molecule has 0 aromatic heterocycles. The maximum atomic E-state index is 9.01. The third kappa shape index (κ3) is 13.0. The average Bonchev–Trinajstić information content (AvgIpc) is 2.38. The summed E-state index contributed by atoms with van der Waals surface area (Å²) in [5.41, 5.74) is 0. The molecule has 0 radical (unpaired) electrons. The van der Waals surface area contributed by atoms with Crippen LogP contribution in [-0.4, -0.2) is 11.7 Å². The van der Waals surface area contributed by atoms with Gasteiger partial charge in [0.2, 0.25) is 0 Å². The lowest BCUT2D eigenvalue weighted by Crippen LogP contribution is -2.03. The van der Waals surface area contributed by atoms with Gasteiger partial charge in [0.1, 0.15) is 0 Å². The van der Waals surface area contributed by atoms with Gasteiger partial charge in [0.05, 0.1) is 0 Å².